The van der Waals surface area contributed by atoms with Gasteiger partial charge in [-0.3, -0.25) is 9.10 Å². The van der Waals surface area contributed by atoms with Gasteiger partial charge in [-0.2, -0.15) is 5.26 Å². The van der Waals surface area contributed by atoms with Crippen molar-refractivity contribution < 1.29 is 22.7 Å². The first-order valence-corrected chi connectivity index (χ1v) is 12.0. The number of anilines is 2. The van der Waals surface area contributed by atoms with Crippen molar-refractivity contribution in [3.63, 3.8) is 0 Å². The number of carbonyl (C=O) groups excluding carboxylic acids is 2. The number of esters is 1. The molecule has 4 rings (SSSR count). The lowest BCUT2D eigenvalue weighted by Gasteiger charge is -2.20. The van der Waals surface area contributed by atoms with Gasteiger partial charge in [-0.25, -0.2) is 13.2 Å². The Morgan fingerprint density at radius 1 is 1.06 bits per heavy atom. The normalized spacial score (nSPS) is 13.5. The number of nitrogens with zero attached hydrogens (tertiary/aromatic N) is 2. The minimum atomic E-state index is -3.89. The van der Waals surface area contributed by atoms with Crippen LogP contribution in [-0.2, 0) is 26.0 Å². The number of para-hydroxylation sites is 2. The summed E-state index contributed by atoms with van der Waals surface area (Å²) >= 11 is 0. The maximum atomic E-state index is 13.2. The van der Waals surface area contributed by atoms with Gasteiger partial charge in [0.15, 0.2) is 6.10 Å². The summed E-state index contributed by atoms with van der Waals surface area (Å²) in [6.07, 6.45) is -0.566. The summed E-state index contributed by atoms with van der Waals surface area (Å²) in [5.41, 5.74) is 2.15. The average Bonchev–Trinajstić information content (AvgIpc) is 3.29. The van der Waals surface area contributed by atoms with Crippen LogP contribution >= 0.6 is 0 Å². The summed E-state index contributed by atoms with van der Waals surface area (Å²) < 4.78 is 33.1. The van der Waals surface area contributed by atoms with Gasteiger partial charge in [0, 0.05) is 6.54 Å². The number of ether oxygens (including phenoxy) is 1. The Morgan fingerprint density at radius 3 is 2.59 bits per heavy atom. The Balaban J connectivity index is 1.49. The molecule has 0 unspecified atom stereocenters. The highest BCUT2D eigenvalue weighted by molar-refractivity contribution is 7.92. The molecule has 1 N–H and O–H groups in total. The third-order valence-corrected chi connectivity index (χ3v) is 7.27. The number of nitrogens with one attached hydrogen (secondary N) is 1. The molecule has 3 aromatic rings. The van der Waals surface area contributed by atoms with Gasteiger partial charge in [0.2, 0.25) is 0 Å². The van der Waals surface area contributed by atoms with E-state index in [1.54, 1.807) is 36.4 Å². The summed E-state index contributed by atoms with van der Waals surface area (Å²) in [6, 6.07) is 21.3. The van der Waals surface area contributed by atoms with Gasteiger partial charge in [-0.15, -0.1) is 0 Å². The average molecular weight is 476 g/mol. The van der Waals surface area contributed by atoms with E-state index in [2.05, 4.69) is 5.32 Å². The molecule has 1 heterocycles. The van der Waals surface area contributed by atoms with E-state index in [9.17, 15) is 18.0 Å². The summed E-state index contributed by atoms with van der Waals surface area (Å²) in [6.45, 7) is 1.71. The first-order valence-electron chi connectivity index (χ1n) is 10.5. The molecular formula is C25H21N3O5S. The van der Waals surface area contributed by atoms with Gasteiger partial charge in [0.25, 0.3) is 15.9 Å². The molecule has 1 aliphatic rings. The van der Waals surface area contributed by atoms with E-state index in [-0.39, 0.29) is 16.0 Å². The number of hydrogen-bond acceptors (Lipinski definition) is 6. The minimum absolute atomic E-state index is 0.00521. The Morgan fingerprint density at radius 2 is 1.79 bits per heavy atom. The van der Waals surface area contributed by atoms with Gasteiger partial charge in [0.05, 0.1) is 27.4 Å². The number of sulfonamides is 1. The number of amides is 1. The highest BCUT2D eigenvalue weighted by Crippen LogP contribution is 2.32. The van der Waals surface area contributed by atoms with Crippen LogP contribution in [0.2, 0.25) is 0 Å². The summed E-state index contributed by atoms with van der Waals surface area (Å²) in [5, 5.41) is 11.7. The largest absolute Gasteiger partial charge is 0.449 e. The second-order valence-corrected chi connectivity index (χ2v) is 9.54. The van der Waals surface area contributed by atoms with E-state index < -0.39 is 28.0 Å². The summed E-state index contributed by atoms with van der Waals surface area (Å²) in [7, 11) is -3.89. The maximum absolute atomic E-state index is 13.2. The van der Waals surface area contributed by atoms with Crippen molar-refractivity contribution in [2.24, 2.45) is 0 Å². The monoisotopic (exact) mass is 475 g/mol. The Kier molecular flexibility index (Phi) is 6.34. The second-order valence-electron chi connectivity index (χ2n) is 7.68. The lowest BCUT2D eigenvalue weighted by atomic mass is 10.2. The molecule has 0 bridgehead atoms. The standard InChI is InChI=1S/C25H21N3O5S/c1-17(24(29)27-22-11-4-2-8-20(22)16-26)33-25(30)19-9-6-10-21(15-19)34(31,32)28-14-13-18-7-3-5-12-23(18)28/h2-12,15,17H,13-14H2,1H3,(H,27,29)/t17-/m0/s1. The number of benzene rings is 3. The lowest BCUT2D eigenvalue weighted by molar-refractivity contribution is -0.123. The zero-order chi connectivity index (χ0) is 24.3. The number of hydrogen-bond donors (Lipinski definition) is 1. The van der Waals surface area contributed by atoms with Gasteiger partial charge in [0.1, 0.15) is 6.07 Å². The first kappa shape index (κ1) is 23.0. The van der Waals surface area contributed by atoms with Crippen LogP contribution in [0.1, 0.15) is 28.4 Å². The predicted octanol–water partition coefficient (Wildman–Crippen LogP) is 3.49. The molecule has 0 spiro atoms. The molecule has 0 saturated heterocycles. The van der Waals surface area contributed by atoms with Crippen molar-refractivity contribution in [2.75, 3.05) is 16.2 Å². The van der Waals surface area contributed by atoms with Gasteiger partial charge in [-0.1, -0.05) is 36.4 Å². The molecule has 1 atom stereocenters. The zero-order valence-electron chi connectivity index (χ0n) is 18.3. The quantitative estimate of drug-likeness (QED) is 0.546. The second kappa shape index (κ2) is 9.37. The molecule has 8 nitrogen and oxygen atoms in total. The lowest BCUT2D eigenvalue weighted by Crippen LogP contribution is -2.31. The molecule has 34 heavy (non-hydrogen) atoms. The van der Waals surface area contributed by atoms with E-state index in [1.165, 1.54) is 35.5 Å². The molecule has 1 aliphatic heterocycles. The number of rotatable bonds is 6. The van der Waals surface area contributed by atoms with Crippen LogP contribution in [0.5, 0.6) is 0 Å². The number of fused-ring (bicyclic) bond motifs is 1. The van der Waals surface area contributed by atoms with Crippen LogP contribution in [0.4, 0.5) is 11.4 Å². The van der Waals surface area contributed by atoms with Crippen molar-refractivity contribution in [3.05, 3.63) is 89.5 Å². The topological polar surface area (TPSA) is 117 Å². The molecule has 0 fully saturated rings. The molecule has 0 saturated carbocycles. The third kappa shape index (κ3) is 4.49. The van der Waals surface area contributed by atoms with Crippen molar-refractivity contribution in [1.82, 2.24) is 0 Å². The SMILES string of the molecule is C[C@H](OC(=O)c1cccc(S(=O)(=O)N2CCc3ccccc32)c1)C(=O)Nc1ccccc1C#N. The molecule has 9 heteroatoms. The van der Waals surface area contributed by atoms with E-state index in [4.69, 9.17) is 10.00 Å². The van der Waals surface area contributed by atoms with Gasteiger partial charge in [-0.05, 0) is 55.3 Å². The van der Waals surface area contributed by atoms with Crippen molar-refractivity contribution in [3.8, 4) is 6.07 Å². The summed E-state index contributed by atoms with van der Waals surface area (Å²) in [5.74, 6) is -1.46. The van der Waals surface area contributed by atoms with E-state index >= 15 is 0 Å². The minimum Gasteiger partial charge on any atom is -0.449 e. The summed E-state index contributed by atoms with van der Waals surface area (Å²) in [4.78, 5) is 25.1. The van der Waals surface area contributed by atoms with Crippen LogP contribution in [-0.4, -0.2) is 32.9 Å². The fourth-order valence-electron chi connectivity index (χ4n) is 3.67. The molecule has 172 valence electrons. The van der Waals surface area contributed by atoms with E-state index in [1.807, 2.05) is 18.2 Å². The molecule has 3 aromatic carbocycles. The van der Waals surface area contributed by atoms with Crippen molar-refractivity contribution in [1.29, 1.82) is 5.26 Å². The molecule has 0 aromatic heterocycles. The smallest absolute Gasteiger partial charge is 0.338 e. The van der Waals surface area contributed by atoms with Gasteiger partial charge < -0.3 is 10.1 Å². The Bertz CT molecular complexity index is 1410. The zero-order valence-corrected chi connectivity index (χ0v) is 19.1. The van der Waals surface area contributed by atoms with Crippen LogP contribution in [0.15, 0.2) is 77.7 Å². The highest BCUT2D eigenvalue weighted by atomic mass is 32.2. The number of carbonyl (C=O) groups is 2. The maximum Gasteiger partial charge on any atom is 0.338 e. The molecule has 0 aliphatic carbocycles. The number of nitriles is 1. The van der Waals surface area contributed by atoms with Crippen molar-refractivity contribution in [2.45, 2.75) is 24.3 Å². The Labute approximate surface area is 197 Å². The highest BCUT2D eigenvalue weighted by Gasteiger charge is 2.31. The van der Waals surface area contributed by atoms with E-state index in [0.29, 0.717) is 24.3 Å². The van der Waals surface area contributed by atoms with Crippen LogP contribution in [0, 0.1) is 11.3 Å². The predicted molar refractivity (Wildman–Crippen MR) is 126 cm³/mol. The van der Waals surface area contributed by atoms with Gasteiger partial charge >= 0.3 is 5.97 Å². The molecule has 0 radical (unpaired) electrons. The first-order chi connectivity index (χ1) is 16.3. The third-order valence-electron chi connectivity index (χ3n) is 5.46. The molecular weight excluding hydrogens is 454 g/mol. The fraction of sp³-hybridized carbons (Fsp3) is 0.160. The molecule has 1 amide bonds. The Hall–Kier alpha value is -4.16. The fourth-order valence-corrected chi connectivity index (χ4v) is 5.22. The van der Waals surface area contributed by atoms with Crippen LogP contribution in [0.3, 0.4) is 0 Å². The van der Waals surface area contributed by atoms with E-state index in [0.717, 1.165) is 5.56 Å². The van der Waals surface area contributed by atoms with Crippen LogP contribution in [0.25, 0.3) is 0 Å². The van der Waals surface area contributed by atoms with Crippen LogP contribution < -0.4 is 9.62 Å². The van der Waals surface area contributed by atoms with Crippen molar-refractivity contribution >= 4 is 33.3 Å².